The van der Waals surface area contributed by atoms with Gasteiger partial charge in [0.2, 0.25) is 0 Å². The maximum Gasteiger partial charge on any atom is 0.266 e. The van der Waals surface area contributed by atoms with Crippen LogP contribution in [0, 0.1) is 0 Å². The third kappa shape index (κ3) is 3.63. The van der Waals surface area contributed by atoms with E-state index in [4.69, 9.17) is 17.0 Å². The number of methoxy groups -OCH3 is 1. The minimum atomic E-state index is -1.35. The number of hydrogen-bond acceptors (Lipinski definition) is 6. The highest BCUT2D eigenvalue weighted by molar-refractivity contribution is 9.10. The lowest BCUT2D eigenvalue weighted by Gasteiger charge is -2.14. The number of hydrogen-bond donors (Lipinski definition) is 0. The van der Waals surface area contributed by atoms with Crippen LogP contribution < -0.4 is 9.84 Å². The normalized spacial score (nSPS) is 16.7. The quantitative estimate of drug-likeness (QED) is 0.575. The number of benzene rings is 1. The number of aliphatic carboxylic acids is 1. The Kier molecular flexibility index (Phi) is 5.02. The predicted octanol–water partition coefficient (Wildman–Crippen LogP) is 1.41. The number of carboxylic acids is 1. The number of nitrogens with zero attached hydrogens (tertiary/aromatic N) is 1. The smallest absolute Gasteiger partial charge is 0.266 e. The van der Waals surface area contributed by atoms with Crippen molar-refractivity contribution in [3.63, 3.8) is 0 Å². The lowest BCUT2D eigenvalue weighted by Crippen LogP contribution is -2.40. The Labute approximate surface area is 139 Å². The summed E-state index contributed by atoms with van der Waals surface area (Å²) in [5, 5.41) is 10.6. The van der Waals surface area contributed by atoms with Crippen molar-refractivity contribution < 1.29 is 19.4 Å². The van der Waals surface area contributed by atoms with Gasteiger partial charge in [0.25, 0.3) is 5.91 Å². The molecule has 0 N–H and O–H groups in total. The molecule has 1 heterocycles. The number of amides is 1. The van der Waals surface area contributed by atoms with Gasteiger partial charge in [-0.05, 0) is 39.7 Å². The zero-order valence-electron chi connectivity index (χ0n) is 10.8. The maximum absolute atomic E-state index is 12.1. The van der Waals surface area contributed by atoms with E-state index < -0.39 is 18.4 Å². The van der Waals surface area contributed by atoms with Crippen molar-refractivity contribution in [1.82, 2.24) is 4.90 Å². The van der Waals surface area contributed by atoms with Crippen molar-refractivity contribution in [2.45, 2.75) is 0 Å². The van der Waals surface area contributed by atoms with E-state index in [-0.39, 0.29) is 4.32 Å². The monoisotopic (exact) mass is 386 g/mol. The molecule has 1 aromatic rings. The topological polar surface area (TPSA) is 69.7 Å². The molecule has 2 rings (SSSR count). The van der Waals surface area contributed by atoms with Gasteiger partial charge in [0, 0.05) is 0 Å². The summed E-state index contributed by atoms with van der Waals surface area (Å²) >= 11 is 9.43. The summed E-state index contributed by atoms with van der Waals surface area (Å²) in [5.41, 5.74) is 0.775. The second kappa shape index (κ2) is 6.59. The number of thioether (sulfide) groups is 1. The van der Waals surface area contributed by atoms with Crippen LogP contribution >= 0.6 is 39.9 Å². The summed E-state index contributed by atoms with van der Waals surface area (Å²) in [6.45, 7) is -0.533. The fraction of sp³-hybridized carbons (Fsp3) is 0.154. The van der Waals surface area contributed by atoms with E-state index in [9.17, 15) is 14.7 Å². The lowest BCUT2D eigenvalue weighted by molar-refractivity contribution is -0.305. The second-order valence-corrected chi connectivity index (χ2v) is 6.56. The first kappa shape index (κ1) is 16.0. The molecule has 1 fully saturated rings. The number of carbonyl (C=O) groups is 2. The highest BCUT2D eigenvalue weighted by Crippen LogP contribution is 2.33. The largest absolute Gasteiger partial charge is 0.548 e. The zero-order valence-corrected chi connectivity index (χ0v) is 14.0. The van der Waals surface area contributed by atoms with Gasteiger partial charge in [0.15, 0.2) is 0 Å². The van der Waals surface area contributed by atoms with Gasteiger partial charge in [-0.2, -0.15) is 0 Å². The van der Waals surface area contributed by atoms with Gasteiger partial charge in [-0.3, -0.25) is 9.69 Å². The Morgan fingerprint density at radius 1 is 1.57 bits per heavy atom. The molecule has 8 heteroatoms. The summed E-state index contributed by atoms with van der Waals surface area (Å²) in [6, 6.07) is 5.34. The number of rotatable bonds is 4. The van der Waals surface area contributed by atoms with Crippen LogP contribution in [-0.2, 0) is 9.59 Å². The fourth-order valence-electron chi connectivity index (χ4n) is 1.69. The van der Waals surface area contributed by atoms with Crippen LogP contribution in [0.25, 0.3) is 6.08 Å². The number of carboxylic acid groups (broad SMARTS) is 1. The van der Waals surface area contributed by atoms with E-state index in [0.29, 0.717) is 10.7 Å². The van der Waals surface area contributed by atoms with Crippen LogP contribution in [0.15, 0.2) is 27.6 Å². The fourth-order valence-corrected chi connectivity index (χ4v) is 3.50. The van der Waals surface area contributed by atoms with Crippen molar-refractivity contribution in [2.75, 3.05) is 13.7 Å². The Hall–Kier alpha value is -1.38. The van der Waals surface area contributed by atoms with E-state index in [1.807, 2.05) is 0 Å². The minimum Gasteiger partial charge on any atom is -0.548 e. The third-order valence-electron chi connectivity index (χ3n) is 2.63. The highest BCUT2D eigenvalue weighted by Gasteiger charge is 2.31. The molecular formula is C13H9BrNO4S2-. The first-order chi connectivity index (χ1) is 9.92. The molecular weight excluding hydrogens is 378 g/mol. The maximum atomic E-state index is 12.1. The van der Waals surface area contributed by atoms with E-state index in [2.05, 4.69) is 15.9 Å². The molecule has 1 amide bonds. The van der Waals surface area contributed by atoms with Gasteiger partial charge in [0.1, 0.15) is 10.1 Å². The average Bonchev–Trinajstić information content (AvgIpc) is 2.66. The molecule has 0 saturated carbocycles. The summed E-state index contributed by atoms with van der Waals surface area (Å²) in [6.07, 6.45) is 1.65. The van der Waals surface area contributed by atoms with E-state index in [1.165, 1.54) is 0 Å². The van der Waals surface area contributed by atoms with Gasteiger partial charge in [-0.15, -0.1) is 0 Å². The van der Waals surface area contributed by atoms with Crippen molar-refractivity contribution in [3.8, 4) is 5.75 Å². The molecule has 0 spiro atoms. The molecule has 0 bridgehead atoms. The average molecular weight is 387 g/mol. The van der Waals surface area contributed by atoms with E-state index in [0.717, 1.165) is 26.7 Å². The molecule has 0 atom stereocenters. The van der Waals surface area contributed by atoms with Crippen LogP contribution in [0.3, 0.4) is 0 Å². The molecule has 1 saturated heterocycles. The molecule has 0 unspecified atom stereocenters. The predicted molar refractivity (Wildman–Crippen MR) is 85.6 cm³/mol. The van der Waals surface area contributed by atoms with E-state index in [1.54, 1.807) is 31.4 Å². The standard InChI is InChI=1S/C13H10BrNO4S2/c1-19-9-3-2-7(4-8(9)14)5-10-12(18)15(6-11(16)17)13(20)21-10/h2-5H,6H2,1H3,(H,16,17)/p-1. The van der Waals surface area contributed by atoms with Crippen molar-refractivity contribution >= 4 is 62.2 Å². The molecule has 0 aromatic heterocycles. The molecule has 110 valence electrons. The lowest BCUT2D eigenvalue weighted by atomic mass is 10.2. The molecule has 5 nitrogen and oxygen atoms in total. The van der Waals surface area contributed by atoms with Crippen LogP contribution in [0.5, 0.6) is 5.75 Å². The molecule has 1 aromatic carbocycles. The number of ether oxygens (including phenoxy) is 1. The minimum absolute atomic E-state index is 0.211. The zero-order chi connectivity index (χ0) is 15.6. The molecule has 0 radical (unpaired) electrons. The van der Waals surface area contributed by atoms with Gasteiger partial charge in [0.05, 0.1) is 29.0 Å². The third-order valence-corrected chi connectivity index (χ3v) is 4.63. The van der Waals surface area contributed by atoms with Gasteiger partial charge in [-0.25, -0.2) is 0 Å². The first-order valence-electron chi connectivity index (χ1n) is 5.71. The molecule has 21 heavy (non-hydrogen) atoms. The van der Waals surface area contributed by atoms with Crippen molar-refractivity contribution in [2.24, 2.45) is 0 Å². The van der Waals surface area contributed by atoms with Crippen molar-refractivity contribution in [1.29, 1.82) is 0 Å². The molecule has 1 aliphatic heterocycles. The Bertz CT molecular complexity index is 660. The highest BCUT2D eigenvalue weighted by atomic mass is 79.9. The summed E-state index contributed by atoms with van der Waals surface area (Å²) < 4.78 is 6.09. The van der Waals surface area contributed by atoms with Gasteiger partial charge < -0.3 is 14.6 Å². The number of thiocarbonyl (C=S) groups is 1. The SMILES string of the molecule is COc1ccc(C=C2SC(=S)N(CC(=O)[O-])C2=O)cc1Br. The van der Waals surface area contributed by atoms with Crippen LogP contribution in [-0.4, -0.2) is 34.8 Å². The first-order valence-corrected chi connectivity index (χ1v) is 7.73. The Morgan fingerprint density at radius 2 is 2.29 bits per heavy atom. The number of carbonyl (C=O) groups excluding carboxylic acids is 2. The van der Waals surface area contributed by atoms with Crippen molar-refractivity contribution in [3.05, 3.63) is 33.1 Å². The van der Waals surface area contributed by atoms with Gasteiger partial charge >= 0.3 is 0 Å². The summed E-state index contributed by atoms with van der Waals surface area (Å²) in [5.74, 6) is -1.10. The molecule has 0 aliphatic carbocycles. The van der Waals surface area contributed by atoms with E-state index >= 15 is 0 Å². The second-order valence-electron chi connectivity index (χ2n) is 4.03. The molecule has 1 aliphatic rings. The Balaban J connectivity index is 2.26. The summed E-state index contributed by atoms with van der Waals surface area (Å²) in [4.78, 5) is 24.1. The van der Waals surface area contributed by atoms with Gasteiger partial charge in [-0.1, -0.05) is 30.0 Å². The summed E-state index contributed by atoms with van der Waals surface area (Å²) in [7, 11) is 1.56. The van der Waals surface area contributed by atoms with Crippen LogP contribution in [0.2, 0.25) is 0 Å². The Morgan fingerprint density at radius 3 is 2.86 bits per heavy atom. The number of halogens is 1. The van der Waals surface area contributed by atoms with Crippen LogP contribution in [0.4, 0.5) is 0 Å². The van der Waals surface area contributed by atoms with Crippen LogP contribution in [0.1, 0.15) is 5.56 Å².